The monoisotopic (exact) mass is 180 g/mol. The first-order chi connectivity index (χ1) is 5.81. The number of hydrogen-bond acceptors (Lipinski definition) is 4. The first kappa shape index (κ1) is 7.64. The van der Waals surface area contributed by atoms with E-state index in [2.05, 4.69) is 8.75 Å². The fourth-order valence-electron chi connectivity index (χ4n) is 1.22. The van der Waals surface area contributed by atoms with E-state index in [1.165, 1.54) is 11.7 Å². The Labute approximate surface area is 74.0 Å². The van der Waals surface area contributed by atoms with Gasteiger partial charge < -0.3 is 5.11 Å². The van der Waals surface area contributed by atoms with Gasteiger partial charge in [-0.3, -0.25) is 0 Å². The molecule has 62 valence electrons. The number of aromatic nitrogens is 2. The van der Waals surface area contributed by atoms with E-state index in [1.807, 2.05) is 19.1 Å². The molecule has 12 heavy (non-hydrogen) atoms. The van der Waals surface area contributed by atoms with Crippen LogP contribution in [0, 0.1) is 6.92 Å². The molecule has 0 fully saturated rings. The molecule has 1 N–H and O–H groups in total. The Bertz CT molecular complexity index is 410. The van der Waals surface area contributed by atoms with Crippen LogP contribution in [0.4, 0.5) is 0 Å². The third kappa shape index (κ3) is 1.09. The second-order valence-corrected chi connectivity index (χ2v) is 3.23. The summed E-state index contributed by atoms with van der Waals surface area (Å²) >= 11 is 1.20. The Morgan fingerprint density at radius 1 is 1.42 bits per heavy atom. The zero-order chi connectivity index (χ0) is 8.55. The van der Waals surface area contributed by atoms with Crippen LogP contribution >= 0.6 is 11.7 Å². The summed E-state index contributed by atoms with van der Waals surface area (Å²) in [6.07, 6.45) is 0. The Morgan fingerprint density at radius 3 is 3.00 bits per heavy atom. The molecule has 0 saturated carbocycles. The van der Waals surface area contributed by atoms with Crippen molar-refractivity contribution in [3.63, 3.8) is 0 Å². The van der Waals surface area contributed by atoms with Gasteiger partial charge in [-0.15, -0.1) is 0 Å². The maximum Gasteiger partial charge on any atom is 0.107 e. The maximum absolute atomic E-state index is 8.91. The van der Waals surface area contributed by atoms with Crippen molar-refractivity contribution in [2.75, 3.05) is 0 Å². The number of fused-ring (bicyclic) bond motifs is 1. The van der Waals surface area contributed by atoms with Crippen LogP contribution < -0.4 is 0 Å². The molecule has 4 heteroatoms. The predicted molar refractivity (Wildman–Crippen MR) is 48.1 cm³/mol. The Balaban J connectivity index is 2.75. The topological polar surface area (TPSA) is 46.0 Å². The van der Waals surface area contributed by atoms with E-state index in [0.717, 1.165) is 22.2 Å². The summed E-state index contributed by atoms with van der Waals surface area (Å²) in [5, 5.41) is 8.91. The number of aliphatic hydroxyl groups is 1. The van der Waals surface area contributed by atoms with Gasteiger partial charge in [0.15, 0.2) is 0 Å². The van der Waals surface area contributed by atoms with E-state index in [-0.39, 0.29) is 6.61 Å². The number of rotatable bonds is 1. The van der Waals surface area contributed by atoms with Crippen LogP contribution in [0.15, 0.2) is 12.1 Å². The van der Waals surface area contributed by atoms with Crippen molar-refractivity contribution in [1.29, 1.82) is 0 Å². The highest BCUT2D eigenvalue weighted by molar-refractivity contribution is 7.00. The number of aliphatic hydroxyl groups excluding tert-OH is 1. The summed E-state index contributed by atoms with van der Waals surface area (Å²) in [6, 6.07) is 3.80. The summed E-state index contributed by atoms with van der Waals surface area (Å²) in [7, 11) is 0. The number of nitrogens with zero attached hydrogens (tertiary/aromatic N) is 2. The van der Waals surface area contributed by atoms with Crippen molar-refractivity contribution in [2.24, 2.45) is 0 Å². The molecule has 0 atom stereocenters. The van der Waals surface area contributed by atoms with E-state index in [0.29, 0.717) is 0 Å². The minimum absolute atomic E-state index is 0.0638. The fourth-order valence-corrected chi connectivity index (χ4v) is 1.81. The Hall–Kier alpha value is -1.00. The average Bonchev–Trinajstić information content (AvgIpc) is 2.52. The number of hydrogen-bond donors (Lipinski definition) is 1. The highest BCUT2D eigenvalue weighted by Crippen LogP contribution is 2.18. The lowest BCUT2D eigenvalue weighted by atomic mass is 10.1. The van der Waals surface area contributed by atoms with Gasteiger partial charge in [-0.2, -0.15) is 8.75 Å². The van der Waals surface area contributed by atoms with Gasteiger partial charge in [0.1, 0.15) is 11.0 Å². The lowest BCUT2D eigenvalue weighted by Crippen LogP contribution is -1.85. The molecule has 0 amide bonds. The predicted octanol–water partition coefficient (Wildman–Crippen LogP) is 1.49. The van der Waals surface area contributed by atoms with Gasteiger partial charge in [0.05, 0.1) is 18.3 Å². The molecule has 2 aromatic rings. The summed E-state index contributed by atoms with van der Waals surface area (Å²) in [6.45, 7) is 2.04. The molecule has 1 aromatic heterocycles. The SMILES string of the molecule is Cc1cc(CO)cc2nsnc12. The molecule has 0 saturated heterocycles. The molecule has 1 heterocycles. The van der Waals surface area contributed by atoms with Gasteiger partial charge in [-0.25, -0.2) is 0 Å². The van der Waals surface area contributed by atoms with Gasteiger partial charge in [0, 0.05) is 0 Å². The maximum atomic E-state index is 8.91. The van der Waals surface area contributed by atoms with E-state index < -0.39 is 0 Å². The molecule has 0 spiro atoms. The molecule has 0 bridgehead atoms. The lowest BCUT2D eigenvalue weighted by molar-refractivity contribution is 0.282. The number of benzene rings is 1. The van der Waals surface area contributed by atoms with Gasteiger partial charge in [0.2, 0.25) is 0 Å². The fraction of sp³-hybridized carbons (Fsp3) is 0.250. The van der Waals surface area contributed by atoms with E-state index in [4.69, 9.17) is 5.11 Å². The first-order valence-corrected chi connectivity index (χ1v) is 4.37. The smallest absolute Gasteiger partial charge is 0.107 e. The summed E-state index contributed by atoms with van der Waals surface area (Å²) in [5.74, 6) is 0. The third-order valence-electron chi connectivity index (χ3n) is 1.79. The summed E-state index contributed by atoms with van der Waals surface area (Å²) in [4.78, 5) is 0. The first-order valence-electron chi connectivity index (χ1n) is 3.64. The Morgan fingerprint density at radius 2 is 2.25 bits per heavy atom. The largest absolute Gasteiger partial charge is 0.392 e. The molecule has 0 radical (unpaired) electrons. The van der Waals surface area contributed by atoms with Crippen molar-refractivity contribution in [1.82, 2.24) is 8.75 Å². The van der Waals surface area contributed by atoms with Crippen LogP contribution in [0.1, 0.15) is 11.1 Å². The van der Waals surface area contributed by atoms with Crippen molar-refractivity contribution >= 4 is 22.8 Å². The van der Waals surface area contributed by atoms with Crippen molar-refractivity contribution in [2.45, 2.75) is 13.5 Å². The zero-order valence-corrected chi connectivity index (χ0v) is 7.43. The summed E-state index contributed by atoms with van der Waals surface area (Å²) in [5.41, 5.74) is 3.79. The third-order valence-corrected chi connectivity index (χ3v) is 2.34. The van der Waals surface area contributed by atoms with Crippen molar-refractivity contribution < 1.29 is 5.11 Å². The highest BCUT2D eigenvalue weighted by atomic mass is 32.1. The van der Waals surface area contributed by atoms with Crippen molar-refractivity contribution in [3.05, 3.63) is 23.3 Å². The summed E-state index contributed by atoms with van der Waals surface area (Å²) < 4.78 is 8.25. The van der Waals surface area contributed by atoms with E-state index in [9.17, 15) is 0 Å². The molecule has 0 unspecified atom stereocenters. The van der Waals surface area contributed by atoms with Crippen LogP contribution in [0.25, 0.3) is 11.0 Å². The Kier molecular flexibility index (Phi) is 1.78. The molecular weight excluding hydrogens is 172 g/mol. The van der Waals surface area contributed by atoms with Gasteiger partial charge >= 0.3 is 0 Å². The van der Waals surface area contributed by atoms with Crippen LogP contribution in [-0.2, 0) is 6.61 Å². The van der Waals surface area contributed by atoms with Crippen molar-refractivity contribution in [3.8, 4) is 0 Å². The second kappa shape index (κ2) is 2.80. The number of aryl methyl sites for hydroxylation is 1. The van der Waals surface area contributed by atoms with Gasteiger partial charge in [0.25, 0.3) is 0 Å². The van der Waals surface area contributed by atoms with E-state index in [1.54, 1.807) is 0 Å². The van der Waals surface area contributed by atoms with Crippen LogP contribution in [0.3, 0.4) is 0 Å². The second-order valence-electron chi connectivity index (χ2n) is 2.70. The normalized spacial score (nSPS) is 10.8. The quantitative estimate of drug-likeness (QED) is 0.723. The molecule has 0 aliphatic carbocycles. The molecule has 2 rings (SSSR count). The lowest BCUT2D eigenvalue weighted by Gasteiger charge is -1.97. The molecular formula is C8H8N2OS. The molecule has 1 aromatic carbocycles. The molecule has 0 aliphatic heterocycles. The standard InChI is InChI=1S/C8H8N2OS/c1-5-2-6(4-11)3-7-8(5)10-12-9-7/h2-3,11H,4H2,1H3. The van der Waals surface area contributed by atoms with Crippen LogP contribution in [0.5, 0.6) is 0 Å². The molecule has 0 aliphatic rings. The van der Waals surface area contributed by atoms with Crippen LogP contribution in [-0.4, -0.2) is 13.9 Å². The van der Waals surface area contributed by atoms with Gasteiger partial charge in [-0.1, -0.05) is 6.07 Å². The zero-order valence-electron chi connectivity index (χ0n) is 6.61. The minimum atomic E-state index is 0.0638. The minimum Gasteiger partial charge on any atom is -0.392 e. The highest BCUT2D eigenvalue weighted by Gasteiger charge is 2.03. The van der Waals surface area contributed by atoms with E-state index >= 15 is 0 Å². The van der Waals surface area contributed by atoms with Crippen LogP contribution in [0.2, 0.25) is 0 Å². The average molecular weight is 180 g/mol. The molecule has 3 nitrogen and oxygen atoms in total. The van der Waals surface area contributed by atoms with Gasteiger partial charge in [-0.05, 0) is 24.1 Å².